The van der Waals surface area contributed by atoms with Crippen molar-refractivity contribution in [3.63, 3.8) is 0 Å². The highest BCUT2D eigenvalue weighted by Crippen LogP contribution is 2.03. The van der Waals surface area contributed by atoms with E-state index in [1.54, 1.807) is 34.8 Å². The van der Waals surface area contributed by atoms with Gasteiger partial charge in [-0.15, -0.1) is 0 Å². The molecule has 1 aromatic heterocycles. The summed E-state index contributed by atoms with van der Waals surface area (Å²) in [6.07, 6.45) is 3.69. The summed E-state index contributed by atoms with van der Waals surface area (Å²) < 4.78 is 1.73. The number of rotatable bonds is 3. The zero-order chi connectivity index (χ0) is 11.4. The van der Waals surface area contributed by atoms with Crippen LogP contribution in [0.1, 0.15) is 12.5 Å². The van der Waals surface area contributed by atoms with Crippen LogP contribution < -0.4 is 0 Å². The summed E-state index contributed by atoms with van der Waals surface area (Å²) in [6, 6.07) is 0.0290. The molecule has 0 aliphatic heterocycles. The lowest BCUT2D eigenvalue weighted by molar-refractivity contribution is 0.173. The molecule has 0 aliphatic carbocycles. The van der Waals surface area contributed by atoms with Crippen molar-refractivity contribution in [2.24, 2.45) is 7.05 Å². The maximum absolute atomic E-state index is 11.7. The summed E-state index contributed by atoms with van der Waals surface area (Å²) >= 11 is 0. The molecule has 15 heavy (non-hydrogen) atoms. The Morgan fingerprint density at radius 1 is 1.47 bits per heavy atom. The van der Waals surface area contributed by atoms with E-state index in [0.29, 0.717) is 6.54 Å². The van der Waals surface area contributed by atoms with Gasteiger partial charge in [0, 0.05) is 39.4 Å². The highest BCUT2D eigenvalue weighted by atomic mass is 16.2. The van der Waals surface area contributed by atoms with Gasteiger partial charge in [0.25, 0.3) is 0 Å². The SMILES string of the molecule is CCN(C)C(=O)N(C)Cc1cnn(C)c1. The van der Waals surface area contributed by atoms with Crippen LogP contribution in [0.25, 0.3) is 0 Å². The Morgan fingerprint density at radius 2 is 2.13 bits per heavy atom. The maximum Gasteiger partial charge on any atom is 0.319 e. The molecule has 2 amide bonds. The Labute approximate surface area is 90.3 Å². The molecular weight excluding hydrogens is 192 g/mol. The molecule has 84 valence electrons. The van der Waals surface area contributed by atoms with Gasteiger partial charge in [0.1, 0.15) is 0 Å². The number of aryl methyl sites for hydroxylation is 1. The zero-order valence-corrected chi connectivity index (χ0v) is 9.77. The van der Waals surface area contributed by atoms with E-state index in [4.69, 9.17) is 0 Å². The molecule has 0 radical (unpaired) electrons. The van der Waals surface area contributed by atoms with Crippen LogP contribution in [-0.2, 0) is 13.6 Å². The lowest BCUT2D eigenvalue weighted by atomic mass is 10.3. The van der Waals surface area contributed by atoms with Crippen LogP contribution in [0.5, 0.6) is 0 Å². The summed E-state index contributed by atoms with van der Waals surface area (Å²) in [5, 5.41) is 4.06. The second kappa shape index (κ2) is 4.82. The number of carbonyl (C=O) groups excluding carboxylic acids is 1. The molecule has 0 saturated carbocycles. The third-order valence-electron chi connectivity index (χ3n) is 2.31. The number of hydrogen-bond donors (Lipinski definition) is 0. The van der Waals surface area contributed by atoms with Crippen molar-refractivity contribution in [2.45, 2.75) is 13.5 Å². The standard InChI is InChI=1S/C10H18N4O/c1-5-12(2)10(15)13(3)7-9-6-11-14(4)8-9/h6,8H,5,7H2,1-4H3. The Balaban J connectivity index is 2.55. The zero-order valence-electron chi connectivity index (χ0n) is 9.77. The Kier molecular flexibility index (Phi) is 3.71. The Hall–Kier alpha value is -1.52. The van der Waals surface area contributed by atoms with Crippen LogP contribution in [0.4, 0.5) is 4.79 Å². The van der Waals surface area contributed by atoms with E-state index in [-0.39, 0.29) is 6.03 Å². The fraction of sp³-hybridized carbons (Fsp3) is 0.600. The van der Waals surface area contributed by atoms with Gasteiger partial charge >= 0.3 is 6.03 Å². The van der Waals surface area contributed by atoms with Gasteiger partial charge in [-0.05, 0) is 6.92 Å². The van der Waals surface area contributed by atoms with Crippen LogP contribution >= 0.6 is 0 Å². The lowest BCUT2D eigenvalue weighted by Crippen LogP contribution is -2.38. The average molecular weight is 210 g/mol. The first kappa shape index (κ1) is 11.6. The quantitative estimate of drug-likeness (QED) is 0.744. The van der Waals surface area contributed by atoms with Gasteiger partial charge in [-0.2, -0.15) is 5.10 Å². The van der Waals surface area contributed by atoms with Crippen molar-refractivity contribution >= 4 is 6.03 Å². The topological polar surface area (TPSA) is 41.4 Å². The minimum absolute atomic E-state index is 0.0290. The predicted octanol–water partition coefficient (Wildman–Crippen LogP) is 0.924. The normalized spacial score (nSPS) is 10.1. The average Bonchev–Trinajstić information content (AvgIpc) is 2.61. The van der Waals surface area contributed by atoms with Crippen LogP contribution in [0.3, 0.4) is 0 Å². The van der Waals surface area contributed by atoms with Crippen molar-refractivity contribution in [3.8, 4) is 0 Å². The first-order chi connectivity index (χ1) is 7.04. The van der Waals surface area contributed by atoms with Crippen molar-refractivity contribution in [1.29, 1.82) is 0 Å². The largest absolute Gasteiger partial charge is 0.328 e. The van der Waals surface area contributed by atoms with Crippen molar-refractivity contribution in [2.75, 3.05) is 20.6 Å². The summed E-state index contributed by atoms with van der Waals surface area (Å²) in [4.78, 5) is 15.1. The van der Waals surface area contributed by atoms with E-state index in [1.807, 2.05) is 20.2 Å². The van der Waals surface area contributed by atoms with Gasteiger partial charge in [0.15, 0.2) is 0 Å². The number of aromatic nitrogens is 2. The Bertz CT molecular complexity index is 334. The molecule has 0 saturated heterocycles. The minimum atomic E-state index is 0.0290. The number of urea groups is 1. The molecule has 0 spiro atoms. The third kappa shape index (κ3) is 2.97. The molecule has 0 unspecified atom stereocenters. The summed E-state index contributed by atoms with van der Waals surface area (Å²) in [7, 11) is 5.45. The van der Waals surface area contributed by atoms with E-state index in [1.165, 1.54) is 0 Å². The summed E-state index contributed by atoms with van der Waals surface area (Å²) in [6.45, 7) is 3.27. The minimum Gasteiger partial charge on any atom is -0.328 e. The molecule has 5 heteroatoms. The molecule has 0 aromatic carbocycles. The van der Waals surface area contributed by atoms with E-state index in [2.05, 4.69) is 5.10 Å². The molecule has 1 heterocycles. The van der Waals surface area contributed by atoms with Gasteiger partial charge < -0.3 is 9.80 Å². The van der Waals surface area contributed by atoms with Crippen LogP contribution in [0.2, 0.25) is 0 Å². The van der Waals surface area contributed by atoms with Crippen LogP contribution in [-0.4, -0.2) is 46.3 Å². The van der Waals surface area contributed by atoms with Crippen LogP contribution in [0, 0.1) is 0 Å². The molecule has 0 atom stereocenters. The predicted molar refractivity (Wildman–Crippen MR) is 58.4 cm³/mol. The third-order valence-corrected chi connectivity index (χ3v) is 2.31. The lowest BCUT2D eigenvalue weighted by Gasteiger charge is -2.23. The fourth-order valence-corrected chi connectivity index (χ4v) is 1.32. The number of carbonyl (C=O) groups is 1. The summed E-state index contributed by atoms with van der Waals surface area (Å²) in [5.41, 5.74) is 1.04. The first-order valence-corrected chi connectivity index (χ1v) is 4.98. The highest BCUT2D eigenvalue weighted by Gasteiger charge is 2.12. The molecule has 0 aliphatic rings. The van der Waals surface area contributed by atoms with Crippen LogP contribution in [0.15, 0.2) is 12.4 Å². The molecule has 1 aromatic rings. The van der Waals surface area contributed by atoms with E-state index < -0.39 is 0 Å². The monoisotopic (exact) mass is 210 g/mol. The van der Waals surface area contributed by atoms with Crippen molar-refractivity contribution in [1.82, 2.24) is 19.6 Å². The van der Waals surface area contributed by atoms with E-state index in [0.717, 1.165) is 12.1 Å². The molecular formula is C10H18N4O. The number of amides is 2. The van der Waals surface area contributed by atoms with Gasteiger partial charge in [-0.1, -0.05) is 0 Å². The van der Waals surface area contributed by atoms with E-state index >= 15 is 0 Å². The molecule has 1 rings (SSSR count). The molecule has 0 fully saturated rings. The first-order valence-electron chi connectivity index (χ1n) is 4.98. The maximum atomic E-state index is 11.7. The molecule has 5 nitrogen and oxygen atoms in total. The second-order valence-electron chi connectivity index (χ2n) is 3.68. The second-order valence-corrected chi connectivity index (χ2v) is 3.68. The van der Waals surface area contributed by atoms with Crippen molar-refractivity contribution < 1.29 is 4.79 Å². The molecule has 0 N–H and O–H groups in total. The molecule has 0 bridgehead atoms. The number of hydrogen-bond acceptors (Lipinski definition) is 2. The van der Waals surface area contributed by atoms with Crippen molar-refractivity contribution in [3.05, 3.63) is 18.0 Å². The van der Waals surface area contributed by atoms with Gasteiger partial charge in [0.2, 0.25) is 0 Å². The van der Waals surface area contributed by atoms with E-state index in [9.17, 15) is 4.79 Å². The summed E-state index contributed by atoms with van der Waals surface area (Å²) in [5.74, 6) is 0. The smallest absolute Gasteiger partial charge is 0.319 e. The van der Waals surface area contributed by atoms with Gasteiger partial charge in [0.05, 0.1) is 12.7 Å². The fourth-order valence-electron chi connectivity index (χ4n) is 1.32. The Morgan fingerprint density at radius 3 is 2.60 bits per heavy atom. The van der Waals surface area contributed by atoms with Gasteiger partial charge in [-0.3, -0.25) is 4.68 Å². The highest BCUT2D eigenvalue weighted by molar-refractivity contribution is 5.73. The van der Waals surface area contributed by atoms with Gasteiger partial charge in [-0.25, -0.2) is 4.79 Å². The number of nitrogens with zero attached hydrogens (tertiary/aromatic N) is 4.